The Balaban J connectivity index is 1.74. The lowest BCUT2D eigenvalue weighted by molar-refractivity contribution is -0.163. The lowest BCUT2D eigenvalue weighted by Gasteiger charge is -2.21. The maximum atomic E-state index is 16.6. The van der Waals surface area contributed by atoms with Gasteiger partial charge >= 0.3 is 24.0 Å². The summed E-state index contributed by atoms with van der Waals surface area (Å²) in [7, 11) is 2.88. The highest BCUT2D eigenvalue weighted by Crippen LogP contribution is 2.37. The van der Waals surface area contributed by atoms with E-state index in [1.54, 1.807) is 51.1 Å². The lowest BCUT2D eigenvalue weighted by atomic mass is 9.90. The van der Waals surface area contributed by atoms with E-state index < -0.39 is 42.0 Å². The Morgan fingerprint density at radius 1 is 1.00 bits per heavy atom. The largest absolute Gasteiger partial charge is 0.497 e. The Bertz CT molecular complexity index is 2010. The second-order valence-corrected chi connectivity index (χ2v) is 12.9. The normalized spacial score (nSPS) is 11.6. The number of amides is 1. The second-order valence-electron chi connectivity index (χ2n) is 12.9. The summed E-state index contributed by atoms with van der Waals surface area (Å²) in [5.41, 5.74) is 0.760. The number of amidine groups is 1. The van der Waals surface area contributed by atoms with Crippen LogP contribution in [0.4, 0.5) is 9.18 Å². The highest BCUT2D eigenvalue weighted by Gasteiger charge is 2.31. The molecule has 0 spiro atoms. The van der Waals surface area contributed by atoms with Crippen LogP contribution in [-0.2, 0) is 35.0 Å². The fraction of sp³-hybridized carbons (Fsp3) is 0.368. The Labute approximate surface area is 322 Å². The molecule has 0 aliphatic carbocycles. The first-order valence-corrected chi connectivity index (χ1v) is 17.1. The molecule has 4 aromatic rings. The Hall–Kier alpha value is -6.43. The van der Waals surface area contributed by atoms with E-state index in [4.69, 9.17) is 38.6 Å². The van der Waals surface area contributed by atoms with Gasteiger partial charge in [0.25, 0.3) is 5.95 Å². The van der Waals surface area contributed by atoms with Crippen LogP contribution in [0.3, 0.4) is 0 Å². The molecular weight excluding hydrogens is 733 g/mol. The van der Waals surface area contributed by atoms with E-state index in [0.717, 1.165) is 0 Å². The third-order valence-corrected chi connectivity index (χ3v) is 7.74. The minimum atomic E-state index is -0.968. The number of hydrogen-bond acceptors (Lipinski definition) is 15. The number of halogens is 1. The van der Waals surface area contributed by atoms with Gasteiger partial charge < -0.3 is 33.2 Å². The van der Waals surface area contributed by atoms with Gasteiger partial charge in [0.2, 0.25) is 6.79 Å². The Morgan fingerprint density at radius 3 is 2.36 bits per heavy atom. The zero-order chi connectivity index (χ0) is 40.8. The van der Waals surface area contributed by atoms with E-state index in [1.165, 1.54) is 50.4 Å². The lowest BCUT2D eigenvalue weighted by Crippen LogP contribution is -2.32. The predicted molar refractivity (Wildman–Crippen MR) is 197 cm³/mol. The summed E-state index contributed by atoms with van der Waals surface area (Å²) < 4.78 is 55.2. The standard InChI is InChI=1S/C38H44FN7O10/c1-23(2)20-54-37(49)43-32(40)26-11-9-25(10-12-26)17-29(28-18-27(51-7)19-30(31(28)39)53-16-15-52-24(3)47)33-44-36(46(45-33)35-41-13-8-14-42-35)56-22-55-34(48)38(4,5)21-50-6/h8-14,18-19,29H,1,15-17,20-22H2,2-7H3,(H2,40,43,49). The molecule has 0 aliphatic heterocycles. The number of esters is 2. The van der Waals surface area contributed by atoms with Gasteiger partial charge in [-0.05, 0) is 50.5 Å². The number of nitrogens with one attached hydrogen (secondary N) is 2. The first kappa shape index (κ1) is 42.3. The second kappa shape index (κ2) is 19.8. The number of methoxy groups -OCH3 is 2. The molecule has 18 heteroatoms. The number of aromatic nitrogens is 5. The number of alkyl carbamates (subject to hydrolysis) is 1. The van der Waals surface area contributed by atoms with Gasteiger partial charge in [-0.1, -0.05) is 30.8 Å². The maximum Gasteiger partial charge on any atom is 0.413 e. The molecule has 0 fully saturated rings. The predicted octanol–water partition coefficient (Wildman–Crippen LogP) is 4.70. The van der Waals surface area contributed by atoms with Gasteiger partial charge in [-0.25, -0.2) is 19.2 Å². The van der Waals surface area contributed by atoms with E-state index in [-0.39, 0.29) is 73.5 Å². The van der Waals surface area contributed by atoms with Gasteiger partial charge in [-0.2, -0.15) is 4.98 Å². The topological polar surface area (TPSA) is 208 Å². The minimum absolute atomic E-state index is 0.00385. The van der Waals surface area contributed by atoms with Crippen LogP contribution in [-0.4, -0.2) is 96.0 Å². The van der Waals surface area contributed by atoms with Crippen molar-refractivity contribution in [3.8, 4) is 23.5 Å². The Morgan fingerprint density at radius 2 is 1.71 bits per heavy atom. The molecule has 2 aromatic carbocycles. The van der Waals surface area contributed by atoms with Crippen molar-refractivity contribution >= 4 is 23.9 Å². The van der Waals surface area contributed by atoms with Gasteiger partial charge in [-0.3, -0.25) is 20.3 Å². The number of benzene rings is 2. The fourth-order valence-electron chi connectivity index (χ4n) is 5.02. The van der Waals surface area contributed by atoms with Crippen molar-refractivity contribution in [3.63, 3.8) is 0 Å². The van der Waals surface area contributed by atoms with E-state index in [0.29, 0.717) is 16.7 Å². The fourth-order valence-corrected chi connectivity index (χ4v) is 5.02. The summed E-state index contributed by atoms with van der Waals surface area (Å²) in [5, 5.41) is 15.4. The van der Waals surface area contributed by atoms with Crippen molar-refractivity contribution in [1.29, 1.82) is 5.41 Å². The first-order valence-electron chi connectivity index (χ1n) is 17.1. The van der Waals surface area contributed by atoms with Crippen LogP contribution in [0.15, 0.2) is 67.0 Å². The molecule has 4 rings (SSSR count). The summed E-state index contributed by atoms with van der Waals surface area (Å²) in [5.74, 6) is -2.86. The third kappa shape index (κ3) is 11.8. The molecular formula is C38H44FN7O10. The van der Waals surface area contributed by atoms with E-state index in [9.17, 15) is 14.4 Å². The molecule has 0 aliphatic rings. The molecule has 0 bridgehead atoms. The molecule has 2 heterocycles. The molecule has 1 atom stereocenters. The van der Waals surface area contributed by atoms with Gasteiger partial charge in [-0.15, -0.1) is 9.78 Å². The molecule has 17 nitrogen and oxygen atoms in total. The monoisotopic (exact) mass is 777 g/mol. The number of rotatable bonds is 19. The SMILES string of the molecule is C=C(C)COC(=O)NC(=N)c1ccc(CC(c2nc(OCOC(=O)C(C)(C)COC)n(-c3ncccn3)n2)c2cc(OC)cc(OCCOC(C)=O)c2F)cc1. The molecule has 0 saturated carbocycles. The highest BCUT2D eigenvalue weighted by molar-refractivity contribution is 6.04. The summed E-state index contributed by atoms with van der Waals surface area (Å²) in [6, 6.07) is 10.9. The molecule has 0 saturated heterocycles. The molecule has 0 radical (unpaired) electrons. The van der Waals surface area contributed by atoms with Crippen molar-refractivity contribution in [3.05, 3.63) is 95.3 Å². The van der Waals surface area contributed by atoms with Crippen molar-refractivity contribution < 1.29 is 51.9 Å². The summed E-state index contributed by atoms with van der Waals surface area (Å²) in [4.78, 5) is 49.3. The maximum absolute atomic E-state index is 16.6. The van der Waals surface area contributed by atoms with Crippen molar-refractivity contribution in [2.75, 3.05) is 47.4 Å². The molecule has 2 N–H and O–H groups in total. The van der Waals surface area contributed by atoms with E-state index in [1.807, 2.05) is 0 Å². The van der Waals surface area contributed by atoms with Gasteiger partial charge in [0, 0.05) is 43.6 Å². The van der Waals surface area contributed by atoms with Crippen LogP contribution >= 0.6 is 0 Å². The third-order valence-electron chi connectivity index (χ3n) is 7.74. The van der Waals surface area contributed by atoms with Crippen LogP contribution in [0.5, 0.6) is 17.5 Å². The van der Waals surface area contributed by atoms with Gasteiger partial charge in [0.1, 0.15) is 31.4 Å². The number of hydrogen-bond donors (Lipinski definition) is 2. The van der Waals surface area contributed by atoms with Crippen molar-refractivity contribution in [1.82, 2.24) is 30.0 Å². The van der Waals surface area contributed by atoms with Crippen molar-refractivity contribution in [2.24, 2.45) is 5.41 Å². The first-order chi connectivity index (χ1) is 26.7. The highest BCUT2D eigenvalue weighted by atomic mass is 19.1. The van der Waals surface area contributed by atoms with Crippen LogP contribution in [0.2, 0.25) is 0 Å². The minimum Gasteiger partial charge on any atom is -0.497 e. The van der Waals surface area contributed by atoms with Crippen molar-refractivity contribution in [2.45, 2.75) is 40.0 Å². The van der Waals surface area contributed by atoms with Crippen LogP contribution < -0.4 is 19.5 Å². The van der Waals surface area contributed by atoms with E-state index >= 15 is 4.39 Å². The summed E-state index contributed by atoms with van der Waals surface area (Å²) >= 11 is 0. The van der Waals surface area contributed by atoms with Crippen LogP contribution in [0.25, 0.3) is 5.95 Å². The van der Waals surface area contributed by atoms with Gasteiger partial charge in [0.05, 0.1) is 25.0 Å². The van der Waals surface area contributed by atoms with Crippen LogP contribution in [0.1, 0.15) is 56.1 Å². The molecule has 56 heavy (non-hydrogen) atoms. The number of nitrogens with zero attached hydrogens (tertiary/aromatic N) is 5. The smallest absolute Gasteiger partial charge is 0.413 e. The molecule has 1 unspecified atom stereocenters. The number of carbonyl (C=O) groups excluding carboxylic acids is 3. The number of ether oxygens (including phenoxy) is 7. The Kier molecular flexibility index (Phi) is 14.9. The molecule has 2 aromatic heterocycles. The molecule has 298 valence electrons. The summed E-state index contributed by atoms with van der Waals surface area (Å²) in [6.07, 6.45) is 2.23. The zero-order valence-corrected chi connectivity index (χ0v) is 31.9. The quantitative estimate of drug-likeness (QED) is 0.0252. The van der Waals surface area contributed by atoms with E-state index in [2.05, 4.69) is 31.9 Å². The summed E-state index contributed by atoms with van der Waals surface area (Å²) in [6.45, 7) is 9.23. The zero-order valence-electron chi connectivity index (χ0n) is 31.9. The average Bonchev–Trinajstić information content (AvgIpc) is 3.59. The molecule has 1 amide bonds. The average molecular weight is 778 g/mol. The van der Waals surface area contributed by atoms with Crippen LogP contribution in [0, 0.1) is 16.6 Å². The van der Waals surface area contributed by atoms with Gasteiger partial charge in [0.15, 0.2) is 17.4 Å². The number of carbonyl (C=O) groups is 3.